The highest BCUT2D eigenvalue weighted by atomic mass is 16.5. The molecule has 0 amide bonds. The van der Waals surface area contributed by atoms with Crippen LogP contribution >= 0.6 is 0 Å². The molecule has 0 aromatic rings. The van der Waals surface area contributed by atoms with E-state index in [2.05, 4.69) is 6.92 Å². The van der Waals surface area contributed by atoms with Crippen molar-refractivity contribution < 1.29 is 4.74 Å². The molecule has 1 rings (SSSR count). The summed E-state index contributed by atoms with van der Waals surface area (Å²) < 4.78 is 5.29. The second-order valence-corrected chi connectivity index (χ2v) is 2.28. The second kappa shape index (κ2) is 2.46. The van der Waals surface area contributed by atoms with E-state index in [0.717, 1.165) is 19.3 Å². The van der Waals surface area contributed by atoms with E-state index >= 15 is 0 Å². The zero-order valence-corrected chi connectivity index (χ0v) is 5.26. The van der Waals surface area contributed by atoms with Gasteiger partial charge in [-0.25, -0.2) is 0 Å². The van der Waals surface area contributed by atoms with Crippen LogP contribution in [0, 0.1) is 0 Å². The van der Waals surface area contributed by atoms with E-state index in [9.17, 15) is 0 Å². The topological polar surface area (TPSA) is 35.2 Å². The van der Waals surface area contributed by atoms with Crippen LogP contribution in [-0.4, -0.2) is 12.3 Å². The fraction of sp³-hybridized carbons (Fsp3) is 1.00. The standard InChI is InChI=1S/C6H13NO/c1-2-5-3-4-6(7)8-5/h5-6H,2-4,7H2,1H3/t5-,6?/m1/s1. The van der Waals surface area contributed by atoms with Gasteiger partial charge in [-0.15, -0.1) is 0 Å². The predicted octanol–water partition coefficient (Wildman–Crippen LogP) is 0.860. The van der Waals surface area contributed by atoms with E-state index in [1.54, 1.807) is 0 Å². The minimum Gasteiger partial charge on any atom is -0.360 e. The minimum absolute atomic E-state index is 0.0277. The number of nitrogens with two attached hydrogens (primary N) is 1. The van der Waals surface area contributed by atoms with Crippen LogP contribution in [0.3, 0.4) is 0 Å². The first-order valence-corrected chi connectivity index (χ1v) is 3.24. The molecule has 0 aromatic carbocycles. The minimum atomic E-state index is 0.0277. The van der Waals surface area contributed by atoms with Crippen LogP contribution in [0.2, 0.25) is 0 Å². The van der Waals surface area contributed by atoms with Crippen LogP contribution in [0.5, 0.6) is 0 Å². The Morgan fingerprint density at radius 2 is 2.38 bits per heavy atom. The monoisotopic (exact) mass is 115 g/mol. The van der Waals surface area contributed by atoms with E-state index in [1.807, 2.05) is 0 Å². The highest BCUT2D eigenvalue weighted by molar-refractivity contribution is 4.67. The molecule has 2 nitrogen and oxygen atoms in total. The molecule has 2 atom stereocenters. The Labute approximate surface area is 50.0 Å². The van der Waals surface area contributed by atoms with Crippen molar-refractivity contribution in [2.75, 3.05) is 0 Å². The molecular weight excluding hydrogens is 102 g/mol. The Morgan fingerprint density at radius 3 is 2.62 bits per heavy atom. The van der Waals surface area contributed by atoms with Crippen LogP contribution in [0.4, 0.5) is 0 Å². The van der Waals surface area contributed by atoms with Crippen molar-refractivity contribution in [2.45, 2.75) is 38.5 Å². The molecule has 0 aromatic heterocycles. The third-order valence-corrected chi connectivity index (χ3v) is 1.60. The lowest BCUT2D eigenvalue weighted by molar-refractivity contribution is 0.0473. The van der Waals surface area contributed by atoms with E-state index in [0.29, 0.717) is 6.10 Å². The molecular formula is C6H13NO. The molecule has 1 heterocycles. The van der Waals surface area contributed by atoms with Crippen molar-refractivity contribution in [3.05, 3.63) is 0 Å². The average molecular weight is 115 g/mol. The molecule has 0 saturated carbocycles. The second-order valence-electron chi connectivity index (χ2n) is 2.28. The molecule has 0 radical (unpaired) electrons. The first-order valence-electron chi connectivity index (χ1n) is 3.24. The highest BCUT2D eigenvalue weighted by Crippen LogP contribution is 2.17. The smallest absolute Gasteiger partial charge is 0.106 e. The summed E-state index contributed by atoms with van der Waals surface area (Å²) in [6, 6.07) is 0. The summed E-state index contributed by atoms with van der Waals surface area (Å²) >= 11 is 0. The SMILES string of the molecule is CC[C@@H]1CCC(N)O1. The molecule has 2 N–H and O–H groups in total. The Balaban J connectivity index is 2.22. The maximum absolute atomic E-state index is 5.48. The van der Waals surface area contributed by atoms with Crippen molar-refractivity contribution in [3.63, 3.8) is 0 Å². The van der Waals surface area contributed by atoms with E-state index in [-0.39, 0.29) is 6.23 Å². The van der Waals surface area contributed by atoms with Gasteiger partial charge < -0.3 is 10.5 Å². The molecule has 1 fully saturated rings. The molecule has 1 saturated heterocycles. The van der Waals surface area contributed by atoms with Gasteiger partial charge in [-0.05, 0) is 19.3 Å². The van der Waals surface area contributed by atoms with Crippen molar-refractivity contribution in [1.29, 1.82) is 0 Å². The quantitative estimate of drug-likeness (QED) is 0.550. The van der Waals surface area contributed by atoms with E-state index in [4.69, 9.17) is 10.5 Å². The highest BCUT2D eigenvalue weighted by Gasteiger charge is 2.19. The molecule has 8 heavy (non-hydrogen) atoms. The van der Waals surface area contributed by atoms with Gasteiger partial charge in [-0.1, -0.05) is 6.92 Å². The van der Waals surface area contributed by atoms with Crippen molar-refractivity contribution >= 4 is 0 Å². The molecule has 2 heteroatoms. The predicted molar refractivity (Wildman–Crippen MR) is 32.4 cm³/mol. The molecule has 1 aliphatic rings. The normalized spacial score (nSPS) is 38.2. The van der Waals surface area contributed by atoms with Crippen molar-refractivity contribution in [3.8, 4) is 0 Å². The van der Waals surface area contributed by atoms with E-state index < -0.39 is 0 Å². The third kappa shape index (κ3) is 1.20. The molecule has 0 aliphatic carbocycles. The van der Waals surface area contributed by atoms with E-state index in [1.165, 1.54) is 0 Å². The Kier molecular flexibility index (Phi) is 1.86. The summed E-state index contributed by atoms with van der Waals surface area (Å²) in [5.74, 6) is 0. The summed E-state index contributed by atoms with van der Waals surface area (Å²) in [4.78, 5) is 0. The zero-order valence-electron chi connectivity index (χ0n) is 5.26. The van der Waals surface area contributed by atoms with Gasteiger partial charge in [-0.3, -0.25) is 0 Å². The van der Waals surface area contributed by atoms with Crippen LogP contribution < -0.4 is 5.73 Å². The van der Waals surface area contributed by atoms with Gasteiger partial charge >= 0.3 is 0 Å². The zero-order chi connectivity index (χ0) is 5.98. The maximum atomic E-state index is 5.48. The summed E-state index contributed by atoms with van der Waals surface area (Å²) in [6.07, 6.45) is 3.77. The summed E-state index contributed by atoms with van der Waals surface area (Å²) in [6.45, 7) is 2.13. The van der Waals surface area contributed by atoms with Gasteiger partial charge in [0, 0.05) is 0 Å². The molecule has 1 unspecified atom stereocenters. The van der Waals surface area contributed by atoms with Crippen LogP contribution in [0.15, 0.2) is 0 Å². The molecule has 0 bridgehead atoms. The number of hydrogen-bond acceptors (Lipinski definition) is 2. The summed E-state index contributed by atoms with van der Waals surface area (Å²) in [5.41, 5.74) is 5.48. The van der Waals surface area contributed by atoms with Crippen molar-refractivity contribution in [1.82, 2.24) is 0 Å². The lowest BCUT2D eigenvalue weighted by Gasteiger charge is -2.05. The first kappa shape index (κ1) is 6.05. The van der Waals surface area contributed by atoms with Crippen LogP contribution in [-0.2, 0) is 4.74 Å². The summed E-state index contributed by atoms with van der Waals surface area (Å²) in [7, 11) is 0. The van der Waals surface area contributed by atoms with Crippen LogP contribution in [0.1, 0.15) is 26.2 Å². The van der Waals surface area contributed by atoms with Gasteiger partial charge in [0.25, 0.3) is 0 Å². The third-order valence-electron chi connectivity index (χ3n) is 1.60. The fourth-order valence-corrected chi connectivity index (χ4v) is 1.03. The Morgan fingerprint density at radius 1 is 1.62 bits per heavy atom. The molecule has 0 spiro atoms. The van der Waals surface area contributed by atoms with Gasteiger partial charge in [-0.2, -0.15) is 0 Å². The molecule has 1 aliphatic heterocycles. The number of rotatable bonds is 1. The number of hydrogen-bond donors (Lipinski definition) is 1. The maximum Gasteiger partial charge on any atom is 0.106 e. The van der Waals surface area contributed by atoms with Gasteiger partial charge in [0.15, 0.2) is 0 Å². The average Bonchev–Trinajstić information content (AvgIpc) is 2.14. The van der Waals surface area contributed by atoms with Gasteiger partial charge in [0.1, 0.15) is 6.23 Å². The van der Waals surface area contributed by atoms with Gasteiger partial charge in [0.05, 0.1) is 6.10 Å². The lowest BCUT2D eigenvalue weighted by Crippen LogP contribution is -2.19. The largest absolute Gasteiger partial charge is 0.360 e. The Hall–Kier alpha value is -0.0800. The first-order chi connectivity index (χ1) is 3.83. The fourth-order valence-electron chi connectivity index (χ4n) is 1.03. The lowest BCUT2D eigenvalue weighted by atomic mass is 10.2. The van der Waals surface area contributed by atoms with Crippen LogP contribution in [0.25, 0.3) is 0 Å². The molecule has 48 valence electrons. The van der Waals surface area contributed by atoms with Gasteiger partial charge in [0.2, 0.25) is 0 Å². The Bertz CT molecular complexity index is 74.9. The van der Waals surface area contributed by atoms with Crippen molar-refractivity contribution in [2.24, 2.45) is 5.73 Å². The number of ether oxygens (including phenoxy) is 1. The summed E-state index contributed by atoms with van der Waals surface area (Å²) in [5, 5.41) is 0.